The Balaban J connectivity index is 1.47. The molecule has 2 aromatic carbocycles. The van der Waals surface area contributed by atoms with Crippen molar-refractivity contribution in [3.8, 4) is 0 Å². The lowest BCUT2D eigenvalue weighted by molar-refractivity contribution is 0.00906. The van der Waals surface area contributed by atoms with Crippen LogP contribution in [0.2, 0.25) is 0 Å². The highest BCUT2D eigenvalue weighted by molar-refractivity contribution is 5.98. The summed E-state index contributed by atoms with van der Waals surface area (Å²) in [6.45, 7) is 3.18. The Morgan fingerprint density at radius 1 is 0.923 bits per heavy atom. The first kappa shape index (κ1) is 17.5. The molecule has 2 nitrogen and oxygen atoms in total. The molecule has 0 N–H and O–H groups in total. The van der Waals surface area contributed by atoms with Crippen LogP contribution in [0.3, 0.4) is 0 Å². The summed E-state index contributed by atoms with van der Waals surface area (Å²) in [5, 5.41) is 0. The normalized spacial score (nSPS) is 25.8. The summed E-state index contributed by atoms with van der Waals surface area (Å²) in [4.78, 5) is 15.8. The van der Waals surface area contributed by atoms with Gasteiger partial charge in [-0.3, -0.25) is 9.69 Å². The van der Waals surface area contributed by atoms with E-state index in [1.54, 1.807) is 0 Å². The highest BCUT2D eigenvalue weighted by atomic mass is 16.1. The van der Waals surface area contributed by atoms with Crippen molar-refractivity contribution in [2.45, 2.75) is 64.1 Å². The first-order chi connectivity index (χ1) is 12.7. The Morgan fingerprint density at radius 2 is 1.58 bits per heavy atom. The number of hydrogen-bond donors (Lipinski definition) is 0. The van der Waals surface area contributed by atoms with Crippen LogP contribution in [0.4, 0.5) is 0 Å². The van der Waals surface area contributed by atoms with Crippen LogP contribution in [0.25, 0.3) is 0 Å². The number of nitrogens with zero attached hydrogens (tertiary/aromatic N) is 1. The quantitative estimate of drug-likeness (QED) is 0.687. The lowest BCUT2D eigenvalue weighted by Crippen LogP contribution is -2.52. The van der Waals surface area contributed by atoms with E-state index in [1.165, 1.54) is 30.4 Å². The third-order valence-corrected chi connectivity index (χ3v) is 6.35. The zero-order chi connectivity index (χ0) is 17.9. The average molecular weight is 348 g/mol. The SMILES string of the molecule is CCc1ccc(C(=O)C2CC3CCCC(C2)N3Cc2ccccc2)cc1. The molecule has 2 unspecified atom stereocenters. The van der Waals surface area contributed by atoms with Crippen molar-refractivity contribution < 1.29 is 4.79 Å². The van der Waals surface area contributed by atoms with E-state index in [9.17, 15) is 4.79 Å². The fourth-order valence-electron chi connectivity index (χ4n) is 4.89. The van der Waals surface area contributed by atoms with E-state index in [1.807, 2.05) is 12.1 Å². The number of hydrogen-bond acceptors (Lipinski definition) is 2. The standard InChI is InChI=1S/C24H29NO/c1-2-18-11-13-20(14-12-18)24(26)21-15-22-9-6-10-23(16-21)25(22)17-19-7-4-3-5-8-19/h3-5,7-8,11-14,21-23H,2,6,9-10,15-17H2,1H3. The molecular weight excluding hydrogens is 318 g/mol. The van der Waals surface area contributed by atoms with Gasteiger partial charge < -0.3 is 0 Å². The Morgan fingerprint density at radius 3 is 2.19 bits per heavy atom. The van der Waals surface area contributed by atoms with Crippen molar-refractivity contribution in [1.82, 2.24) is 4.90 Å². The third-order valence-electron chi connectivity index (χ3n) is 6.35. The molecule has 2 aliphatic heterocycles. The van der Waals surface area contributed by atoms with Crippen LogP contribution in [-0.2, 0) is 13.0 Å². The maximum absolute atomic E-state index is 13.1. The van der Waals surface area contributed by atoms with Crippen LogP contribution in [-0.4, -0.2) is 22.8 Å². The molecule has 2 atom stereocenters. The number of carbonyl (C=O) groups excluding carboxylic acids is 1. The van der Waals surface area contributed by atoms with Crippen molar-refractivity contribution in [2.75, 3.05) is 0 Å². The second kappa shape index (κ2) is 7.75. The minimum Gasteiger partial charge on any atom is -0.294 e. The molecule has 0 spiro atoms. The molecule has 4 rings (SSSR count). The molecule has 0 aliphatic carbocycles. The Bertz CT molecular complexity index is 723. The van der Waals surface area contributed by atoms with E-state index in [4.69, 9.17) is 0 Å². The number of ketones is 1. The van der Waals surface area contributed by atoms with Crippen LogP contribution in [0.5, 0.6) is 0 Å². The van der Waals surface area contributed by atoms with E-state index in [-0.39, 0.29) is 5.92 Å². The molecule has 2 bridgehead atoms. The lowest BCUT2D eigenvalue weighted by Gasteiger charge is -2.48. The average Bonchev–Trinajstić information content (AvgIpc) is 2.68. The Kier molecular flexibility index (Phi) is 5.21. The van der Waals surface area contributed by atoms with Crippen LogP contribution in [0.1, 0.15) is 60.5 Å². The monoisotopic (exact) mass is 347 g/mol. The van der Waals surface area contributed by atoms with Gasteiger partial charge >= 0.3 is 0 Å². The fourth-order valence-corrected chi connectivity index (χ4v) is 4.89. The van der Waals surface area contributed by atoms with Gasteiger partial charge in [-0.2, -0.15) is 0 Å². The summed E-state index contributed by atoms with van der Waals surface area (Å²) in [6.07, 6.45) is 6.86. The molecule has 0 radical (unpaired) electrons. The van der Waals surface area contributed by atoms with Crippen LogP contribution in [0, 0.1) is 5.92 Å². The van der Waals surface area contributed by atoms with E-state index in [2.05, 4.69) is 54.3 Å². The number of piperidine rings is 2. The van der Waals surface area contributed by atoms with Gasteiger partial charge in [-0.15, -0.1) is 0 Å². The third kappa shape index (κ3) is 3.61. The maximum Gasteiger partial charge on any atom is 0.166 e. The predicted molar refractivity (Wildman–Crippen MR) is 106 cm³/mol. The zero-order valence-electron chi connectivity index (χ0n) is 15.7. The Labute approximate surface area is 157 Å². The predicted octanol–water partition coefficient (Wildman–Crippen LogP) is 5.27. The highest BCUT2D eigenvalue weighted by Gasteiger charge is 2.40. The zero-order valence-corrected chi connectivity index (χ0v) is 15.7. The molecule has 0 saturated carbocycles. The van der Waals surface area contributed by atoms with Crippen LogP contribution < -0.4 is 0 Å². The maximum atomic E-state index is 13.1. The molecule has 2 heterocycles. The van der Waals surface area contributed by atoms with Gasteiger partial charge in [0.25, 0.3) is 0 Å². The minimum atomic E-state index is 0.199. The number of Topliss-reactive ketones (excluding diaryl/α,β-unsaturated/α-hetero) is 1. The van der Waals surface area contributed by atoms with Gasteiger partial charge in [0, 0.05) is 30.1 Å². The van der Waals surface area contributed by atoms with E-state index in [0.717, 1.165) is 31.4 Å². The van der Waals surface area contributed by atoms with Gasteiger partial charge in [0.05, 0.1) is 0 Å². The van der Waals surface area contributed by atoms with Crippen LogP contribution >= 0.6 is 0 Å². The van der Waals surface area contributed by atoms with Gasteiger partial charge in [0.15, 0.2) is 5.78 Å². The summed E-state index contributed by atoms with van der Waals surface area (Å²) in [6, 6.07) is 20.2. The number of rotatable bonds is 5. The lowest BCUT2D eigenvalue weighted by atomic mass is 9.75. The number of aryl methyl sites for hydroxylation is 1. The molecule has 0 aromatic heterocycles. The minimum absolute atomic E-state index is 0.199. The second-order valence-corrected chi connectivity index (χ2v) is 7.98. The fraction of sp³-hybridized carbons (Fsp3) is 0.458. The van der Waals surface area contributed by atoms with Gasteiger partial charge in [-0.25, -0.2) is 0 Å². The molecule has 2 saturated heterocycles. The molecule has 2 aromatic rings. The second-order valence-electron chi connectivity index (χ2n) is 7.98. The molecular formula is C24H29NO. The molecule has 26 heavy (non-hydrogen) atoms. The highest BCUT2D eigenvalue weighted by Crippen LogP contribution is 2.39. The first-order valence-electron chi connectivity index (χ1n) is 10.2. The van der Waals surface area contributed by atoms with Crippen molar-refractivity contribution in [3.05, 3.63) is 71.3 Å². The van der Waals surface area contributed by atoms with E-state index in [0.29, 0.717) is 17.9 Å². The topological polar surface area (TPSA) is 20.3 Å². The number of benzene rings is 2. The number of carbonyl (C=O) groups is 1. The van der Waals surface area contributed by atoms with Crippen molar-refractivity contribution in [2.24, 2.45) is 5.92 Å². The van der Waals surface area contributed by atoms with Gasteiger partial charge in [-0.05, 0) is 43.2 Å². The summed E-state index contributed by atoms with van der Waals surface area (Å²) < 4.78 is 0. The van der Waals surface area contributed by atoms with Crippen molar-refractivity contribution >= 4 is 5.78 Å². The summed E-state index contributed by atoms with van der Waals surface area (Å²) in [7, 11) is 0. The smallest absolute Gasteiger partial charge is 0.166 e. The molecule has 136 valence electrons. The van der Waals surface area contributed by atoms with Gasteiger partial charge in [0.1, 0.15) is 0 Å². The molecule has 2 heteroatoms. The molecule has 0 amide bonds. The molecule has 2 fully saturated rings. The number of fused-ring (bicyclic) bond motifs is 2. The van der Waals surface area contributed by atoms with E-state index < -0.39 is 0 Å². The van der Waals surface area contributed by atoms with E-state index >= 15 is 0 Å². The largest absolute Gasteiger partial charge is 0.294 e. The Hall–Kier alpha value is -1.93. The van der Waals surface area contributed by atoms with Crippen molar-refractivity contribution in [3.63, 3.8) is 0 Å². The van der Waals surface area contributed by atoms with Gasteiger partial charge in [0.2, 0.25) is 0 Å². The summed E-state index contributed by atoms with van der Waals surface area (Å²) in [5.41, 5.74) is 3.60. The first-order valence-corrected chi connectivity index (χ1v) is 10.2. The summed E-state index contributed by atoms with van der Waals surface area (Å²) in [5.74, 6) is 0.564. The van der Waals surface area contributed by atoms with Gasteiger partial charge in [-0.1, -0.05) is 67.9 Å². The van der Waals surface area contributed by atoms with Crippen molar-refractivity contribution in [1.29, 1.82) is 0 Å². The van der Waals surface area contributed by atoms with Crippen LogP contribution in [0.15, 0.2) is 54.6 Å². The molecule has 2 aliphatic rings. The summed E-state index contributed by atoms with van der Waals surface area (Å²) >= 11 is 0.